The number of nitrogens with one attached hydrogen (secondary N) is 1. The van der Waals surface area contributed by atoms with E-state index in [-0.39, 0.29) is 17.6 Å². The Morgan fingerprint density at radius 2 is 2.19 bits per heavy atom. The van der Waals surface area contributed by atoms with Crippen molar-refractivity contribution in [3.05, 3.63) is 35.7 Å². The summed E-state index contributed by atoms with van der Waals surface area (Å²) in [5.74, 6) is 0.0849. The first-order chi connectivity index (χ1) is 13.1. The molecule has 1 amide bonds. The lowest BCUT2D eigenvalue weighted by atomic mass is 10.2. The van der Waals surface area contributed by atoms with Gasteiger partial charge in [0, 0.05) is 10.9 Å². The van der Waals surface area contributed by atoms with E-state index < -0.39 is 6.04 Å². The summed E-state index contributed by atoms with van der Waals surface area (Å²) in [5, 5.41) is 22.3. The van der Waals surface area contributed by atoms with Gasteiger partial charge in [0.05, 0.1) is 17.5 Å². The second kappa shape index (κ2) is 8.66. The van der Waals surface area contributed by atoms with Gasteiger partial charge in [-0.15, -0.1) is 21.5 Å². The van der Waals surface area contributed by atoms with Gasteiger partial charge in [-0.1, -0.05) is 49.0 Å². The number of nitrogens with two attached hydrogens (primary N) is 1. The molecule has 3 aromatic rings. The number of nitriles is 1. The monoisotopic (exact) mass is 399 g/mol. The van der Waals surface area contributed by atoms with Gasteiger partial charge in [0.1, 0.15) is 6.04 Å². The van der Waals surface area contributed by atoms with E-state index in [9.17, 15) is 4.79 Å². The summed E-state index contributed by atoms with van der Waals surface area (Å²) in [7, 11) is 0. The number of rotatable bonds is 7. The maximum absolute atomic E-state index is 12.8. The first-order valence-electron chi connectivity index (χ1n) is 8.16. The minimum Gasteiger partial charge on any atom is -0.368 e. The van der Waals surface area contributed by atoms with Crippen LogP contribution in [0.25, 0.3) is 11.3 Å². The molecule has 138 valence electrons. The lowest BCUT2D eigenvalue weighted by molar-refractivity contribution is -0.119. The highest BCUT2D eigenvalue weighted by Gasteiger charge is 2.25. The highest BCUT2D eigenvalue weighted by Crippen LogP contribution is 2.28. The molecular weight excluding hydrogens is 382 g/mol. The van der Waals surface area contributed by atoms with Crippen LogP contribution < -0.4 is 11.1 Å². The molecule has 1 atom stereocenters. The molecule has 0 bridgehead atoms. The average molecular weight is 400 g/mol. The molecule has 10 heteroatoms. The lowest BCUT2D eigenvalue weighted by Gasteiger charge is -2.17. The molecule has 2 aromatic heterocycles. The fourth-order valence-corrected chi connectivity index (χ4v) is 3.90. The molecular formula is C17H17N7OS2. The first-order valence-corrected chi connectivity index (χ1v) is 10.0. The van der Waals surface area contributed by atoms with Crippen molar-refractivity contribution in [2.45, 2.75) is 24.5 Å². The second-order valence-corrected chi connectivity index (χ2v) is 7.28. The minimum absolute atomic E-state index is 0.140. The highest BCUT2D eigenvalue weighted by atomic mass is 32.2. The van der Waals surface area contributed by atoms with Crippen LogP contribution in [-0.4, -0.2) is 31.4 Å². The van der Waals surface area contributed by atoms with E-state index in [1.54, 1.807) is 4.57 Å². The molecule has 0 spiro atoms. The number of thioether (sulfide) groups is 1. The number of carbonyl (C=O) groups excluding carboxylic acids is 1. The Bertz CT molecular complexity index is 961. The molecule has 0 aliphatic rings. The van der Waals surface area contributed by atoms with E-state index >= 15 is 0 Å². The van der Waals surface area contributed by atoms with Crippen LogP contribution >= 0.6 is 23.1 Å². The molecule has 0 aliphatic heterocycles. The predicted molar refractivity (Wildman–Crippen MR) is 106 cm³/mol. The summed E-state index contributed by atoms with van der Waals surface area (Å²) in [4.78, 5) is 17.3. The van der Waals surface area contributed by atoms with Crippen LogP contribution in [0.1, 0.15) is 19.4 Å². The number of carbonyl (C=O) groups is 1. The van der Waals surface area contributed by atoms with Gasteiger partial charge < -0.3 is 11.1 Å². The second-order valence-electron chi connectivity index (χ2n) is 5.47. The molecule has 3 rings (SSSR count). The predicted octanol–water partition coefficient (Wildman–Crippen LogP) is 3.19. The summed E-state index contributed by atoms with van der Waals surface area (Å²) >= 11 is 2.55. The van der Waals surface area contributed by atoms with E-state index in [4.69, 9.17) is 11.0 Å². The van der Waals surface area contributed by atoms with Crippen LogP contribution in [0.2, 0.25) is 0 Å². The Labute approximate surface area is 164 Å². The minimum atomic E-state index is -0.592. The summed E-state index contributed by atoms with van der Waals surface area (Å²) in [6, 6.07) is 11.2. The molecule has 8 nitrogen and oxygen atoms in total. The van der Waals surface area contributed by atoms with Crippen molar-refractivity contribution in [2.75, 3.05) is 16.8 Å². The summed E-state index contributed by atoms with van der Waals surface area (Å²) in [5.41, 5.74) is 7.69. The number of benzene rings is 1. The van der Waals surface area contributed by atoms with Gasteiger partial charge in [-0.05, 0) is 6.42 Å². The Kier molecular flexibility index (Phi) is 6.05. The van der Waals surface area contributed by atoms with Crippen molar-refractivity contribution < 1.29 is 4.79 Å². The van der Waals surface area contributed by atoms with Crippen LogP contribution in [-0.2, 0) is 4.79 Å². The maximum atomic E-state index is 12.8. The molecule has 0 aliphatic carbocycles. The number of hydrogen-bond acceptors (Lipinski definition) is 8. The molecule has 1 unspecified atom stereocenters. The SMILES string of the molecule is CCC(C(=O)Nc1nc(-c2ccccc2)cs1)n1c(N)nnc1SCC#N. The van der Waals surface area contributed by atoms with Crippen LogP contribution in [0.15, 0.2) is 40.9 Å². The molecule has 0 radical (unpaired) electrons. The largest absolute Gasteiger partial charge is 0.368 e. The third-order valence-corrected chi connectivity index (χ3v) is 5.33. The molecule has 0 saturated carbocycles. The van der Waals surface area contributed by atoms with Gasteiger partial charge in [0.2, 0.25) is 11.9 Å². The van der Waals surface area contributed by atoms with Crippen molar-refractivity contribution in [1.29, 1.82) is 5.26 Å². The first kappa shape index (κ1) is 18.9. The number of thiazole rings is 1. The fraction of sp³-hybridized carbons (Fsp3) is 0.235. The van der Waals surface area contributed by atoms with Gasteiger partial charge in [0.25, 0.3) is 0 Å². The zero-order chi connectivity index (χ0) is 19.2. The van der Waals surface area contributed by atoms with E-state index in [2.05, 4.69) is 20.5 Å². The molecule has 0 fully saturated rings. The van der Waals surface area contributed by atoms with Crippen molar-refractivity contribution in [1.82, 2.24) is 19.7 Å². The number of amides is 1. The zero-order valence-electron chi connectivity index (χ0n) is 14.5. The smallest absolute Gasteiger partial charge is 0.249 e. The van der Waals surface area contributed by atoms with Crippen molar-refractivity contribution in [2.24, 2.45) is 0 Å². The van der Waals surface area contributed by atoms with Crippen LogP contribution in [0.3, 0.4) is 0 Å². The van der Waals surface area contributed by atoms with Gasteiger partial charge in [-0.3, -0.25) is 9.36 Å². The molecule has 2 heterocycles. The number of hydrogen-bond donors (Lipinski definition) is 2. The summed E-state index contributed by atoms with van der Waals surface area (Å²) in [6.07, 6.45) is 0.491. The molecule has 3 N–H and O–H groups in total. The van der Waals surface area contributed by atoms with Gasteiger partial charge in [-0.25, -0.2) is 4.98 Å². The lowest BCUT2D eigenvalue weighted by Crippen LogP contribution is -2.27. The molecule has 27 heavy (non-hydrogen) atoms. The van der Waals surface area contributed by atoms with E-state index in [1.165, 1.54) is 23.1 Å². The fourth-order valence-electron chi connectivity index (χ4n) is 2.52. The van der Waals surface area contributed by atoms with Gasteiger partial charge in [0.15, 0.2) is 10.3 Å². The quantitative estimate of drug-likeness (QED) is 0.585. The normalized spacial score (nSPS) is 11.7. The highest BCUT2D eigenvalue weighted by molar-refractivity contribution is 7.99. The summed E-state index contributed by atoms with van der Waals surface area (Å²) < 4.78 is 1.56. The topological polar surface area (TPSA) is 123 Å². The molecule has 1 aromatic carbocycles. The third kappa shape index (κ3) is 4.27. The number of nitrogen functional groups attached to an aromatic ring is 1. The third-order valence-electron chi connectivity index (χ3n) is 3.76. The van der Waals surface area contributed by atoms with Crippen LogP contribution in [0, 0.1) is 11.3 Å². The number of aromatic nitrogens is 4. The zero-order valence-corrected chi connectivity index (χ0v) is 16.1. The maximum Gasteiger partial charge on any atom is 0.249 e. The van der Waals surface area contributed by atoms with Crippen LogP contribution in [0.5, 0.6) is 0 Å². The van der Waals surface area contributed by atoms with Crippen molar-refractivity contribution >= 4 is 40.1 Å². The standard InChI is InChI=1S/C17H17N7OS2/c1-2-13(24-15(19)22-23-17(24)26-9-8-18)14(25)21-16-20-12(10-27-16)11-6-4-3-5-7-11/h3-7,10,13H,2,9H2,1H3,(H2,19,22)(H,20,21,25). The Morgan fingerprint density at radius 1 is 1.41 bits per heavy atom. The average Bonchev–Trinajstić information content (AvgIpc) is 3.29. The Hall–Kier alpha value is -2.90. The van der Waals surface area contributed by atoms with Gasteiger partial charge >= 0.3 is 0 Å². The Balaban J connectivity index is 1.78. The Morgan fingerprint density at radius 3 is 2.89 bits per heavy atom. The number of nitrogens with zero attached hydrogens (tertiary/aromatic N) is 5. The summed E-state index contributed by atoms with van der Waals surface area (Å²) in [6.45, 7) is 1.87. The van der Waals surface area contributed by atoms with Gasteiger partial charge in [-0.2, -0.15) is 5.26 Å². The number of anilines is 2. The molecule has 0 saturated heterocycles. The van der Waals surface area contributed by atoms with E-state index in [1.807, 2.05) is 48.7 Å². The van der Waals surface area contributed by atoms with Crippen molar-refractivity contribution in [3.8, 4) is 17.3 Å². The van der Waals surface area contributed by atoms with E-state index in [0.717, 1.165) is 11.3 Å². The van der Waals surface area contributed by atoms with E-state index in [0.29, 0.717) is 16.7 Å². The van der Waals surface area contributed by atoms with Crippen LogP contribution in [0.4, 0.5) is 11.1 Å². The van der Waals surface area contributed by atoms with Crippen molar-refractivity contribution in [3.63, 3.8) is 0 Å².